The number of carbonyl (C=O) groups excluding carboxylic acids is 1. The lowest BCUT2D eigenvalue weighted by molar-refractivity contribution is 0.0958. The van der Waals surface area contributed by atoms with Crippen LogP contribution < -0.4 is 10.6 Å². The molecule has 0 aliphatic heterocycles. The summed E-state index contributed by atoms with van der Waals surface area (Å²) in [5.41, 5.74) is 0. The van der Waals surface area contributed by atoms with Gasteiger partial charge in [0.2, 0.25) is 0 Å². The second-order valence-electron chi connectivity index (χ2n) is 4.12. The molecule has 20 heavy (non-hydrogen) atoms. The Morgan fingerprint density at radius 2 is 2.00 bits per heavy atom. The van der Waals surface area contributed by atoms with Gasteiger partial charge in [0.15, 0.2) is 0 Å². The average molecular weight is 352 g/mol. The van der Waals surface area contributed by atoms with Crippen LogP contribution in [0, 0.1) is 0 Å². The molecule has 0 bridgehead atoms. The topological polar surface area (TPSA) is 41.1 Å². The summed E-state index contributed by atoms with van der Waals surface area (Å²) in [5, 5.41) is 8.00. The molecule has 1 amide bonds. The van der Waals surface area contributed by atoms with E-state index in [0.29, 0.717) is 31.9 Å². The van der Waals surface area contributed by atoms with Gasteiger partial charge in [0.25, 0.3) is 5.91 Å². The number of likely N-dealkylation sites (N-methyl/N-ethyl adjacent to an activating group) is 1. The smallest absolute Gasteiger partial charge is 0.262 e. The predicted molar refractivity (Wildman–Crippen MR) is 87.7 cm³/mol. The van der Waals surface area contributed by atoms with Crippen molar-refractivity contribution >= 4 is 62.1 Å². The van der Waals surface area contributed by atoms with Crippen LogP contribution in [0.3, 0.4) is 0 Å². The Hall–Kier alpha value is -0.520. The minimum atomic E-state index is -0.193. The van der Waals surface area contributed by atoms with Gasteiger partial charge in [-0.25, -0.2) is 0 Å². The number of rotatable bonds is 5. The average Bonchev–Trinajstić information content (AvgIpc) is 2.71. The first-order valence-corrected chi connectivity index (χ1v) is 8.05. The first-order valence-electron chi connectivity index (χ1n) is 6.10. The zero-order valence-corrected chi connectivity index (χ0v) is 13.8. The summed E-state index contributed by atoms with van der Waals surface area (Å²) in [4.78, 5) is 12.6. The molecule has 0 saturated carbocycles. The van der Waals surface area contributed by atoms with Crippen molar-refractivity contribution < 1.29 is 4.79 Å². The van der Waals surface area contributed by atoms with Gasteiger partial charge in [-0.3, -0.25) is 4.79 Å². The van der Waals surface area contributed by atoms with Crippen LogP contribution in [0.1, 0.15) is 16.6 Å². The molecule has 0 unspecified atom stereocenters. The van der Waals surface area contributed by atoms with Gasteiger partial charge >= 0.3 is 0 Å². The van der Waals surface area contributed by atoms with E-state index in [1.54, 1.807) is 12.1 Å². The quantitative estimate of drug-likeness (QED) is 0.793. The Morgan fingerprint density at radius 3 is 2.70 bits per heavy atom. The molecule has 0 aliphatic carbocycles. The summed E-state index contributed by atoms with van der Waals surface area (Å²) >= 11 is 19.6. The molecule has 2 aromatic rings. The summed E-state index contributed by atoms with van der Waals surface area (Å²) in [6.45, 7) is 4.15. The maximum atomic E-state index is 12.1. The molecular weight excluding hydrogens is 339 g/mol. The van der Waals surface area contributed by atoms with Crippen LogP contribution >= 0.6 is 46.1 Å². The molecule has 0 saturated heterocycles. The fourth-order valence-electron chi connectivity index (χ4n) is 1.78. The van der Waals surface area contributed by atoms with E-state index in [2.05, 4.69) is 10.6 Å². The van der Waals surface area contributed by atoms with Crippen LogP contribution in [-0.4, -0.2) is 25.5 Å². The van der Waals surface area contributed by atoms with Crippen molar-refractivity contribution in [2.24, 2.45) is 0 Å². The number of benzene rings is 1. The summed E-state index contributed by atoms with van der Waals surface area (Å²) in [6.07, 6.45) is 0. The maximum Gasteiger partial charge on any atom is 0.262 e. The number of amides is 1. The third-order valence-corrected chi connectivity index (χ3v) is 4.84. The number of carbonyl (C=O) groups is 1. The number of hydrogen-bond donors (Lipinski definition) is 2. The van der Waals surface area contributed by atoms with Crippen LogP contribution in [-0.2, 0) is 0 Å². The fourth-order valence-corrected chi connectivity index (χ4v) is 4.07. The second-order valence-corrected chi connectivity index (χ2v) is 6.39. The van der Waals surface area contributed by atoms with E-state index in [9.17, 15) is 4.79 Å². The van der Waals surface area contributed by atoms with Gasteiger partial charge in [0, 0.05) is 28.2 Å². The minimum Gasteiger partial charge on any atom is -0.350 e. The van der Waals surface area contributed by atoms with Crippen molar-refractivity contribution in [3.05, 3.63) is 32.1 Å². The molecule has 108 valence electrons. The van der Waals surface area contributed by atoms with Crippen LogP contribution in [0.25, 0.3) is 10.1 Å². The van der Waals surface area contributed by atoms with Crippen molar-refractivity contribution in [2.45, 2.75) is 6.92 Å². The summed E-state index contributed by atoms with van der Waals surface area (Å²) in [5.74, 6) is -0.193. The molecule has 0 aliphatic rings. The first kappa shape index (κ1) is 15.9. The van der Waals surface area contributed by atoms with Crippen LogP contribution in [0.4, 0.5) is 0 Å². The van der Waals surface area contributed by atoms with Crippen molar-refractivity contribution in [3.63, 3.8) is 0 Å². The molecule has 2 rings (SSSR count). The largest absolute Gasteiger partial charge is 0.350 e. The number of nitrogens with one attached hydrogen (secondary N) is 2. The standard InChI is InChI=1S/C13H13Cl3N2OS/c1-2-17-3-4-18-13(19)12-11(16)10-8(15)5-7(14)6-9(10)20-12/h5-6,17H,2-4H2,1H3,(H,18,19). The first-order chi connectivity index (χ1) is 9.54. The second kappa shape index (κ2) is 6.96. The molecule has 0 atom stereocenters. The highest BCUT2D eigenvalue weighted by atomic mass is 35.5. The van der Waals surface area contributed by atoms with Crippen molar-refractivity contribution in [3.8, 4) is 0 Å². The molecule has 1 heterocycles. The molecule has 1 aromatic carbocycles. The third-order valence-electron chi connectivity index (χ3n) is 2.69. The van der Waals surface area contributed by atoms with Gasteiger partial charge in [-0.2, -0.15) is 0 Å². The number of halogens is 3. The molecule has 0 fully saturated rings. The molecular formula is C13H13Cl3N2OS. The maximum absolute atomic E-state index is 12.1. The lowest BCUT2D eigenvalue weighted by Crippen LogP contribution is -2.31. The van der Waals surface area contributed by atoms with Crippen molar-refractivity contribution in [1.82, 2.24) is 10.6 Å². The van der Waals surface area contributed by atoms with Crippen molar-refractivity contribution in [2.75, 3.05) is 19.6 Å². The Balaban J connectivity index is 2.24. The zero-order valence-electron chi connectivity index (χ0n) is 10.7. The van der Waals surface area contributed by atoms with Gasteiger partial charge in [-0.1, -0.05) is 41.7 Å². The zero-order chi connectivity index (χ0) is 14.7. The van der Waals surface area contributed by atoms with E-state index in [4.69, 9.17) is 34.8 Å². The van der Waals surface area contributed by atoms with E-state index in [-0.39, 0.29) is 5.91 Å². The summed E-state index contributed by atoms with van der Waals surface area (Å²) in [6, 6.07) is 3.38. The molecule has 0 radical (unpaired) electrons. The molecule has 2 N–H and O–H groups in total. The Bertz CT molecular complexity index is 642. The van der Waals surface area contributed by atoms with Crippen LogP contribution in [0.5, 0.6) is 0 Å². The fraction of sp³-hybridized carbons (Fsp3) is 0.308. The van der Waals surface area contributed by atoms with Crippen LogP contribution in [0.2, 0.25) is 15.1 Å². The monoisotopic (exact) mass is 350 g/mol. The number of fused-ring (bicyclic) bond motifs is 1. The van der Waals surface area contributed by atoms with Gasteiger partial charge in [0.1, 0.15) is 4.88 Å². The van der Waals surface area contributed by atoms with E-state index < -0.39 is 0 Å². The normalized spacial score (nSPS) is 11.0. The van der Waals surface area contributed by atoms with Crippen LogP contribution in [0.15, 0.2) is 12.1 Å². The van der Waals surface area contributed by atoms with Gasteiger partial charge in [0.05, 0.1) is 10.0 Å². The number of thiophene rings is 1. The minimum absolute atomic E-state index is 0.193. The predicted octanol–water partition coefficient (Wildman–Crippen LogP) is 4.20. The lowest BCUT2D eigenvalue weighted by Gasteiger charge is -2.04. The van der Waals surface area contributed by atoms with Crippen molar-refractivity contribution in [1.29, 1.82) is 0 Å². The van der Waals surface area contributed by atoms with E-state index in [1.165, 1.54) is 11.3 Å². The Morgan fingerprint density at radius 1 is 1.25 bits per heavy atom. The molecule has 7 heteroatoms. The SMILES string of the molecule is CCNCCNC(=O)c1sc2cc(Cl)cc(Cl)c2c1Cl. The van der Waals surface area contributed by atoms with Gasteiger partial charge < -0.3 is 10.6 Å². The van der Waals surface area contributed by atoms with E-state index in [1.807, 2.05) is 6.92 Å². The van der Waals surface area contributed by atoms with E-state index >= 15 is 0 Å². The Labute approximate surface area is 136 Å². The molecule has 1 aromatic heterocycles. The summed E-state index contributed by atoms with van der Waals surface area (Å²) in [7, 11) is 0. The third kappa shape index (κ3) is 3.38. The van der Waals surface area contributed by atoms with E-state index in [0.717, 1.165) is 17.8 Å². The highest BCUT2D eigenvalue weighted by Gasteiger charge is 2.19. The van der Waals surface area contributed by atoms with Gasteiger partial charge in [-0.15, -0.1) is 11.3 Å². The van der Waals surface area contributed by atoms with Gasteiger partial charge in [-0.05, 0) is 18.7 Å². The highest BCUT2D eigenvalue weighted by molar-refractivity contribution is 7.21. The number of hydrogen-bond acceptors (Lipinski definition) is 3. The Kier molecular flexibility index (Phi) is 5.52. The summed E-state index contributed by atoms with van der Waals surface area (Å²) < 4.78 is 0.810. The lowest BCUT2D eigenvalue weighted by atomic mass is 10.2. The molecule has 0 spiro atoms. The highest BCUT2D eigenvalue weighted by Crippen LogP contribution is 2.41. The molecule has 3 nitrogen and oxygen atoms in total.